The highest BCUT2D eigenvalue weighted by molar-refractivity contribution is 7.89. The second kappa shape index (κ2) is 7.68. The molecule has 0 aliphatic carbocycles. The second-order valence-electron chi connectivity index (χ2n) is 7.13. The van der Waals surface area contributed by atoms with Crippen molar-refractivity contribution in [3.63, 3.8) is 0 Å². The molecular formula is C19H20F3N3O3S. The van der Waals surface area contributed by atoms with Crippen LogP contribution in [0.3, 0.4) is 0 Å². The van der Waals surface area contributed by atoms with Gasteiger partial charge >= 0.3 is 6.18 Å². The lowest BCUT2D eigenvalue weighted by Gasteiger charge is -2.29. The van der Waals surface area contributed by atoms with Gasteiger partial charge in [-0.05, 0) is 41.8 Å². The van der Waals surface area contributed by atoms with Gasteiger partial charge in [0.1, 0.15) is 11.1 Å². The molecule has 29 heavy (non-hydrogen) atoms. The molecule has 1 aliphatic heterocycles. The number of fused-ring (bicyclic) bond motifs is 1. The normalized spacial score (nSPS) is 18.1. The molecule has 1 heterocycles. The van der Waals surface area contributed by atoms with E-state index in [1.165, 1.54) is 12.1 Å². The van der Waals surface area contributed by atoms with Gasteiger partial charge in [0, 0.05) is 12.1 Å². The molecule has 0 saturated heterocycles. The van der Waals surface area contributed by atoms with Crippen LogP contribution in [0.25, 0.3) is 0 Å². The Bertz CT molecular complexity index is 1020. The molecule has 0 fully saturated rings. The van der Waals surface area contributed by atoms with Crippen molar-refractivity contribution in [3.05, 3.63) is 59.2 Å². The maximum atomic E-state index is 13.0. The lowest BCUT2D eigenvalue weighted by molar-refractivity contribution is -0.137. The van der Waals surface area contributed by atoms with Crippen LogP contribution < -0.4 is 15.4 Å². The molecule has 0 saturated carbocycles. The lowest BCUT2D eigenvalue weighted by atomic mass is 10.1. The summed E-state index contributed by atoms with van der Waals surface area (Å²) in [5.74, 6) is 0.0309. The highest BCUT2D eigenvalue weighted by Gasteiger charge is 2.35. The van der Waals surface area contributed by atoms with Gasteiger partial charge in [0.15, 0.2) is 0 Å². The van der Waals surface area contributed by atoms with Crippen molar-refractivity contribution in [2.45, 2.75) is 31.1 Å². The van der Waals surface area contributed by atoms with Crippen molar-refractivity contribution < 1.29 is 26.4 Å². The summed E-state index contributed by atoms with van der Waals surface area (Å²) >= 11 is 0. The SMILES string of the molecule is CC(C)CNC(=O)c1ccc([C@@H]2Nc3cc(C(F)(F)F)ccc3S(=O)(=O)N2)cc1. The fraction of sp³-hybridized carbons (Fsp3) is 0.316. The number of amides is 1. The number of carbonyl (C=O) groups excluding carboxylic acids is 1. The monoisotopic (exact) mass is 427 g/mol. The highest BCUT2D eigenvalue weighted by atomic mass is 32.2. The van der Waals surface area contributed by atoms with Crippen molar-refractivity contribution in [2.24, 2.45) is 5.92 Å². The van der Waals surface area contributed by atoms with Crippen LogP contribution in [0.15, 0.2) is 47.4 Å². The molecule has 0 aromatic heterocycles. The van der Waals surface area contributed by atoms with Crippen LogP contribution in [0.2, 0.25) is 0 Å². The van der Waals surface area contributed by atoms with Gasteiger partial charge in [-0.3, -0.25) is 4.79 Å². The molecule has 1 aliphatic rings. The summed E-state index contributed by atoms with van der Waals surface area (Å²) in [6, 6.07) is 8.57. The largest absolute Gasteiger partial charge is 0.416 e. The van der Waals surface area contributed by atoms with Gasteiger partial charge in [-0.15, -0.1) is 0 Å². The summed E-state index contributed by atoms with van der Waals surface area (Å²) in [7, 11) is -4.01. The van der Waals surface area contributed by atoms with Crippen LogP contribution in [0.5, 0.6) is 0 Å². The topological polar surface area (TPSA) is 87.3 Å². The second-order valence-corrected chi connectivity index (χ2v) is 8.82. The predicted octanol–water partition coefficient (Wildman–Crippen LogP) is 3.49. The lowest BCUT2D eigenvalue weighted by Crippen LogP contribution is -2.38. The first-order valence-corrected chi connectivity index (χ1v) is 10.3. The van der Waals surface area contributed by atoms with Gasteiger partial charge < -0.3 is 10.6 Å². The summed E-state index contributed by atoms with van der Waals surface area (Å²) in [5, 5.41) is 5.55. The van der Waals surface area contributed by atoms with E-state index < -0.39 is 27.9 Å². The Balaban J connectivity index is 1.85. The van der Waals surface area contributed by atoms with Crippen LogP contribution in [-0.2, 0) is 16.2 Å². The molecule has 3 rings (SSSR count). The third-order valence-electron chi connectivity index (χ3n) is 4.35. The molecule has 3 N–H and O–H groups in total. The van der Waals surface area contributed by atoms with Gasteiger partial charge in [-0.1, -0.05) is 26.0 Å². The van der Waals surface area contributed by atoms with Crippen molar-refractivity contribution in [1.29, 1.82) is 0 Å². The zero-order valence-electron chi connectivity index (χ0n) is 15.7. The Hall–Kier alpha value is -2.59. The first-order chi connectivity index (χ1) is 13.5. The number of alkyl halides is 3. The number of carbonyl (C=O) groups is 1. The minimum Gasteiger partial charge on any atom is -0.364 e. The first kappa shape index (κ1) is 21.1. The van der Waals surface area contributed by atoms with Gasteiger partial charge in [-0.2, -0.15) is 17.9 Å². The molecule has 156 valence electrons. The van der Waals surface area contributed by atoms with E-state index in [0.717, 1.165) is 18.2 Å². The molecule has 1 amide bonds. The molecule has 2 aromatic carbocycles. The van der Waals surface area contributed by atoms with Crippen LogP contribution >= 0.6 is 0 Å². The maximum absolute atomic E-state index is 13.0. The standard InChI is InChI=1S/C19H20F3N3O3S/c1-11(2)10-23-18(26)13-5-3-12(4-6-13)17-24-15-9-14(19(20,21)22)7-8-16(15)29(27,28)25-17/h3-9,11,17,24-25H,10H2,1-2H3,(H,23,26)/t17-/m1/s1. The Labute approximate surface area is 166 Å². The van der Waals surface area contributed by atoms with E-state index in [2.05, 4.69) is 15.4 Å². The van der Waals surface area contributed by atoms with Crippen LogP contribution in [0.1, 0.15) is 41.5 Å². The summed E-state index contributed by atoms with van der Waals surface area (Å²) in [5.41, 5.74) is -0.232. The highest BCUT2D eigenvalue weighted by Crippen LogP contribution is 2.37. The van der Waals surface area contributed by atoms with Gasteiger partial charge in [0.25, 0.3) is 5.91 Å². The third kappa shape index (κ3) is 4.70. The number of nitrogens with one attached hydrogen (secondary N) is 3. The molecule has 6 nitrogen and oxygen atoms in total. The number of halogens is 3. The average molecular weight is 427 g/mol. The fourth-order valence-corrected chi connectivity index (χ4v) is 4.12. The number of hydrogen-bond acceptors (Lipinski definition) is 4. The van der Waals surface area contributed by atoms with E-state index in [9.17, 15) is 26.4 Å². The number of rotatable bonds is 4. The zero-order valence-corrected chi connectivity index (χ0v) is 16.5. The van der Waals surface area contributed by atoms with Gasteiger partial charge in [-0.25, -0.2) is 8.42 Å². The van der Waals surface area contributed by atoms with Gasteiger partial charge in [0.05, 0.1) is 11.3 Å². The average Bonchev–Trinajstić information content (AvgIpc) is 2.64. The predicted molar refractivity (Wildman–Crippen MR) is 102 cm³/mol. The van der Waals surface area contributed by atoms with E-state index in [-0.39, 0.29) is 16.5 Å². The number of anilines is 1. The molecule has 1 atom stereocenters. The van der Waals surface area contributed by atoms with Crippen LogP contribution in [0, 0.1) is 5.92 Å². The van der Waals surface area contributed by atoms with E-state index in [0.29, 0.717) is 23.6 Å². The van der Waals surface area contributed by atoms with Crippen LogP contribution in [-0.4, -0.2) is 20.9 Å². The minimum absolute atomic E-state index is 0.137. The van der Waals surface area contributed by atoms with E-state index in [1.807, 2.05) is 13.8 Å². The summed E-state index contributed by atoms with van der Waals surface area (Å²) in [4.78, 5) is 11.8. The quantitative estimate of drug-likeness (QED) is 0.697. The van der Waals surface area contributed by atoms with E-state index in [4.69, 9.17) is 0 Å². The molecule has 2 aromatic rings. The Morgan fingerprint density at radius 3 is 2.38 bits per heavy atom. The minimum atomic E-state index is -4.59. The maximum Gasteiger partial charge on any atom is 0.416 e. The van der Waals surface area contributed by atoms with Crippen molar-refractivity contribution in [2.75, 3.05) is 11.9 Å². The Morgan fingerprint density at radius 2 is 1.79 bits per heavy atom. The number of sulfonamides is 1. The van der Waals surface area contributed by atoms with Crippen molar-refractivity contribution in [1.82, 2.24) is 10.0 Å². The van der Waals surface area contributed by atoms with Crippen molar-refractivity contribution >= 4 is 21.6 Å². The summed E-state index contributed by atoms with van der Waals surface area (Å²) in [6.45, 7) is 4.45. The molecule has 0 unspecified atom stereocenters. The first-order valence-electron chi connectivity index (χ1n) is 8.85. The third-order valence-corrected chi connectivity index (χ3v) is 5.83. The zero-order chi connectivity index (χ0) is 21.4. The Morgan fingerprint density at radius 1 is 1.14 bits per heavy atom. The molecule has 0 bridgehead atoms. The molecule has 0 radical (unpaired) electrons. The number of hydrogen-bond donors (Lipinski definition) is 3. The van der Waals surface area contributed by atoms with Crippen LogP contribution in [0.4, 0.5) is 18.9 Å². The smallest absolute Gasteiger partial charge is 0.364 e. The fourth-order valence-electron chi connectivity index (χ4n) is 2.83. The molecule has 10 heteroatoms. The van der Waals surface area contributed by atoms with Crippen molar-refractivity contribution in [3.8, 4) is 0 Å². The van der Waals surface area contributed by atoms with E-state index >= 15 is 0 Å². The Kier molecular flexibility index (Phi) is 5.59. The number of benzene rings is 2. The summed E-state index contributed by atoms with van der Waals surface area (Å²) in [6.07, 6.45) is -5.56. The van der Waals surface area contributed by atoms with E-state index in [1.54, 1.807) is 12.1 Å². The van der Waals surface area contributed by atoms with Gasteiger partial charge in [0.2, 0.25) is 10.0 Å². The molecule has 0 spiro atoms. The molecular weight excluding hydrogens is 407 g/mol. The summed E-state index contributed by atoms with van der Waals surface area (Å²) < 4.78 is 66.2.